The van der Waals surface area contributed by atoms with Gasteiger partial charge in [-0.2, -0.15) is 5.10 Å². The fraction of sp³-hybridized carbons (Fsp3) is 0.133. The molecule has 0 bridgehead atoms. The zero-order valence-corrected chi connectivity index (χ0v) is 11.6. The molecule has 6 heteroatoms. The van der Waals surface area contributed by atoms with Crippen LogP contribution < -0.4 is 10.1 Å². The topological polar surface area (TPSA) is 75.7 Å². The van der Waals surface area contributed by atoms with E-state index in [1.54, 1.807) is 19.5 Å². The van der Waals surface area contributed by atoms with Crippen molar-refractivity contribution in [1.82, 2.24) is 20.2 Å². The van der Waals surface area contributed by atoms with Crippen molar-refractivity contribution in [2.75, 3.05) is 12.4 Å². The number of methoxy groups -OCH3 is 1. The first-order chi connectivity index (χ1) is 10.3. The second kappa shape index (κ2) is 6.04. The van der Waals surface area contributed by atoms with Gasteiger partial charge in [0.05, 0.1) is 13.7 Å². The molecule has 0 unspecified atom stereocenters. The molecule has 3 rings (SSSR count). The Hall–Kier alpha value is -2.89. The monoisotopic (exact) mass is 281 g/mol. The van der Waals surface area contributed by atoms with Crippen molar-refractivity contribution in [3.63, 3.8) is 0 Å². The summed E-state index contributed by atoms with van der Waals surface area (Å²) in [6.45, 7) is 0.569. The van der Waals surface area contributed by atoms with Crippen LogP contribution in [0.3, 0.4) is 0 Å². The molecule has 2 aromatic heterocycles. The van der Waals surface area contributed by atoms with Crippen LogP contribution in [0, 0.1) is 0 Å². The molecule has 2 N–H and O–H groups in total. The molecule has 106 valence electrons. The molecule has 0 radical (unpaired) electrons. The number of benzene rings is 1. The van der Waals surface area contributed by atoms with Gasteiger partial charge in [-0.15, -0.1) is 0 Å². The van der Waals surface area contributed by atoms with Gasteiger partial charge < -0.3 is 10.1 Å². The average molecular weight is 281 g/mol. The van der Waals surface area contributed by atoms with Gasteiger partial charge in [-0.05, 0) is 36.4 Å². The summed E-state index contributed by atoms with van der Waals surface area (Å²) in [5.74, 6) is 2.25. The summed E-state index contributed by atoms with van der Waals surface area (Å²) in [7, 11) is 1.65. The molecule has 0 saturated carbocycles. The number of nitrogens with zero attached hydrogens (tertiary/aromatic N) is 3. The van der Waals surface area contributed by atoms with Crippen molar-refractivity contribution >= 4 is 5.69 Å². The van der Waals surface area contributed by atoms with Gasteiger partial charge in [0, 0.05) is 23.6 Å². The molecule has 21 heavy (non-hydrogen) atoms. The lowest BCUT2D eigenvalue weighted by Gasteiger charge is -2.05. The number of aromatic nitrogens is 4. The number of rotatable bonds is 5. The van der Waals surface area contributed by atoms with E-state index in [1.807, 2.05) is 36.4 Å². The number of pyridine rings is 1. The molecule has 0 aliphatic carbocycles. The number of ether oxygens (including phenoxy) is 1. The van der Waals surface area contributed by atoms with Gasteiger partial charge >= 0.3 is 0 Å². The Bertz CT molecular complexity index is 694. The van der Waals surface area contributed by atoms with Gasteiger partial charge in [0.25, 0.3) is 0 Å². The van der Waals surface area contributed by atoms with E-state index in [9.17, 15) is 0 Å². The molecule has 0 fully saturated rings. The van der Waals surface area contributed by atoms with Crippen LogP contribution >= 0.6 is 0 Å². The van der Waals surface area contributed by atoms with Gasteiger partial charge in [-0.1, -0.05) is 0 Å². The Kier molecular flexibility index (Phi) is 3.77. The van der Waals surface area contributed by atoms with Crippen LogP contribution in [0.5, 0.6) is 5.75 Å². The molecule has 3 aromatic rings. The average Bonchev–Trinajstić information content (AvgIpc) is 3.03. The third kappa shape index (κ3) is 3.17. The quantitative estimate of drug-likeness (QED) is 0.751. The number of aromatic amines is 1. The largest absolute Gasteiger partial charge is 0.497 e. The summed E-state index contributed by atoms with van der Waals surface area (Å²) in [5, 5.41) is 10.4. The van der Waals surface area contributed by atoms with E-state index in [0.717, 1.165) is 22.8 Å². The molecule has 0 spiro atoms. The maximum Gasteiger partial charge on any atom is 0.182 e. The van der Waals surface area contributed by atoms with E-state index in [-0.39, 0.29) is 0 Å². The maximum atomic E-state index is 5.12. The van der Waals surface area contributed by atoms with Crippen molar-refractivity contribution < 1.29 is 4.74 Å². The normalized spacial score (nSPS) is 10.3. The predicted octanol–water partition coefficient (Wildman–Crippen LogP) is 2.49. The zero-order valence-electron chi connectivity index (χ0n) is 11.6. The van der Waals surface area contributed by atoms with Crippen LogP contribution in [0.15, 0.2) is 48.8 Å². The van der Waals surface area contributed by atoms with Crippen molar-refractivity contribution in [3.05, 3.63) is 54.6 Å². The lowest BCUT2D eigenvalue weighted by Crippen LogP contribution is -2.01. The molecule has 0 aliphatic heterocycles. The predicted molar refractivity (Wildman–Crippen MR) is 79.9 cm³/mol. The molecule has 2 heterocycles. The lowest BCUT2D eigenvalue weighted by atomic mass is 10.3. The molecule has 1 aromatic carbocycles. The summed E-state index contributed by atoms with van der Waals surface area (Å²) in [6, 6.07) is 11.5. The van der Waals surface area contributed by atoms with Gasteiger partial charge in [0.15, 0.2) is 5.82 Å². The van der Waals surface area contributed by atoms with Crippen LogP contribution in [0.2, 0.25) is 0 Å². The fourth-order valence-corrected chi connectivity index (χ4v) is 1.89. The number of anilines is 1. The smallest absolute Gasteiger partial charge is 0.182 e. The van der Waals surface area contributed by atoms with Crippen molar-refractivity contribution in [1.29, 1.82) is 0 Å². The van der Waals surface area contributed by atoms with E-state index in [4.69, 9.17) is 4.74 Å². The van der Waals surface area contributed by atoms with Crippen molar-refractivity contribution in [2.45, 2.75) is 6.54 Å². The molecular weight excluding hydrogens is 266 g/mol. The highest BCUT2D eigenvalue weighted by Crippen LogP contribution is 2.16. The van der Waals surface area contributed by atoms with Crippen molar-refractivity contribution in [2.24, 2.45) is 0 Å². The molecule has 0 atom stereocenters. The summed E-state index contributed by atoms with van der Waals surface area (Å²) in [4.78, 5) is 8.49. The fourth-order valence-electron chi connectivity index (χ4n) is 1.89. The molecule has 0 aliphatic rings. The Morgan fingerprint density at radius 2 is 2.05 bits per heavy atom. The number of nitrogens with one attached hydrogen (secondary N) is 2. The van der Waals surface area contributed by atoms with Gasteiger partial charge in [0.2, 0.25) is 0 Å². The highest BCUT2D eigenvalue weighted by atomic mass is 16.5. The second-order valence-corrected chi connectivity index (χ2v) is 4.43. The number of hydrogen-bond donors (Lipinski definition) is 2. The van der Waals surface area contributed by atoms with E-state index in [2.05, 4.69) is 25.5 Å². The van der Waals surface area contributed by atoms with Crippen LogP contribution in [0.4, 0.5) is 5.69 Å². The molecule has 6 nitrogen and oxygen atoms in total. The van der Waals surface area contributed by atoms with Gasteiger partial charge in [-0.3, -0.25) is 10.1 Å². The van der Waals surface area contributed by atoms with Gasteiger partial charge in [-0.25, -0.2) is 4.98 Å². The van der Waals surface area contributed by atoms with Gasteiger partial charge in [0.1, 0.15) is 11.6 Å². The summed E-state index contributed by atoms with van der Waals surface area (Å²) >= 11 is 0. The van der Waals surface area contributed by atoms with Crippen LogP contribution in [-0.4, -0.2) is 27.3 Å². The first-order valence-electron chi connectivity index (χ1n) is 6.55. The summed E-state index contributed by atoms with van der Waals surface area (Å²) in [5.41, 5.74) is 1.89. The van der Waals surface area contributed by atoms with E-state index in [0.29, 0.717) is 12.4 Å². The Balaban J connectivity index is 1.64. The van der Waals surface area contributed by atoms with Crippen molar-refractivity contribution in [3.8, 4) is 17.1 Å². The van der Waals surface area contributed by atoms with E-state index < -0.39 is 0 Å². The van der Waals surface area contributed by atoms with Crippen LogP contribution in [0.25, 0.3) is 11.4 Å². The zero-order chi connectivity index (χ0) is 14.5. The van der Waals surface area contributed by atoms with E-state index in [1.165, 1.54) is 0 Å². The third-order valence-corrected chi connectivity index (χ3v) is 3.00. The summed E-state index contributed by atoms with van der Waals surface area (Å²) < 4.78 is 5.12. The standard InChI is InChI=1S/C15H15N5O/c1-21-13-6-4-12(5-7-13)17-10-14-18-15(20-19-14)11-3-2-8-16-9-11/h2-9,17H,10H2,1H3,(H,18,19,20). The third-order valence-electron chi connectivity index (χ3n) is 3.00. The number of hydrogen-bond acceptors (Lipinski definition) is 5. The SMILES string of the molecule is COc1ccc(NCc2nc(-c3cccnc3)n[nH]2)cc1. The lowest BCUT2D eigenvalue weighted by molar-refractivity contribution is 0.415. The maximum absolute atomic E-state index is 5.12. The number of H-pyrrole nitrogens is 1. The first-order valence-corrected chi connectivity index (χ1v) is 6.55. The minimum Gasteiger partial charge on any atom is -0.497 e. The van der Waals surface area contributed by atoms with Crippen LogP contribution in [-0.2, 0) is 6.54 Å². The highest BCUT2D eigenvalue weighted by molar-refractivity contribution is 5.52. The Morgan fingerprint density at radius 3 is 2.76 bits per heavy atom. The van der Waals surface area contributed by atoms with E-state index >= 15 is 0 Å². The van der Waals surface area contributed by atoms with Crippen LogP contribution in [0.1, 0.15) is 5.82 Å². The Morgan fingerprint density at radius 1 is 1.19 bits per heavy atom. The molecular formula is C15H15N5O. The minimum absolute atomic E-state index is 0.569. The first kappa shape index (κ1) is 13.1. The molecule has 0 saturated heterocycles. The summed E-state index contributed by atoms with van der Waals surface area (Å²) in [6.07, 6.45) is 3.46. The highest BCUT2D eigenvalue weighted by Gasteiger charge is 2.05. The molecule has 0 amide bonds. The second-order valence-electron chi connectivity index (χ2n) is 4.43. The minimum atomic E-state index is 0.569. The Labute approximate surface area is 122 Å².